The molecule has 1 aromatic carbocycles. The van der Waals surface area contributed by atoms with Crippen LogP contribution in [0, 0.1) is 5.92 Å². The lowest BCUT2D eigenvalue weighted by Gasteiger charge is -2.26. The van der Waals surface area contributed by atoms with Crippen LogP contribution in [0.15, 0.2) is 29.3 Å². The number of hydrogen-bond donors (Lipinski definition) is 1. The van der Waals surface area contributed by atoms with Gasteiger partial charge in [0.1, 0.15) is 0 Å². The van der Waals surface area contributed by atoms with Crippen LogP contribution in [0.3, 0.4) is 0 Å². The zero-order valence-electron chi connectivity index (χ0n) is 15.8. The van der Waals surface area contributed by atoms with E-state index in [-0.39, 0.29) is 6.04 Å². The molecular formula is C19H31ClN4O. The third kappa shape index (κ3) is 5.87. The van der Waals surface area contributed by atoms with E-state index in [9.17, 15) is 0 Å². The van der Waals surface area contributed by atoms with Crippen LogP contribution in [0.2, 0.25) is 5.02 Å². The SMILES string of the molecule is CCNC(=NCC(c1ccc(Cl)cc1)N(C)C)N1CCC(COC)C1. The van der Waals surface area contributed by atoms with Crippen molar-refractivity contribution < 1.29 is 4.74 Å². The van der Waals surface area contributed by atoms with Crippen LogP contribution in [0.1, 0.15) is 24.9 Å². The fourth-order valence-electron chi connectivity index (χ4n) is 3.25. The molecule has 1 N–H and O–H groups in total. The van der Waals surface area contributed by atoms with Crippen molar-refractivity contribution in [3.8, 4) is 0 Å². The highest BCUT2D eigenvalue weighted by molar-refractivity contribution is 6.30. The highest BCUT2D eigenvalue weighted by Crippen LogP contribution is 2.22. The van der Waals surface area contributed by atoms with E-state index in [0.29, 0.717) is 12.5 Å². The summed E-state index contributed by atoms with van der Waals surface area (Å²) in [5.74, 6) is 1.59. The van der Waals surface area contributed by atoms with Crippen molar-refractivity contribution in [3.63, 3.8) is 0 Å². The van der Waals surface area contributed by atoms with E-state index in [1.54, 1.807) is 7.11 Å². The molecule has 2 unspecified atom stereocenters. The number of aliphatic imine (C=N–C) groups is 1. The average Bonchev–Trinajstić information content (AvgIpc) is 3.04. The molecule has 2 rings (SSSR count). The van der Waals surface area contributed by atoms with Gasteiger partial charge in [-0.25, -0.2) is 0 Å². The summed E-state index contributed by atoms with van der Waals surface area (Å²) in [7, 11) is 5.95. The molecule has 0 bridgehead atoms. The van der Waals surface area contributed by atoms with Crippen LogP contribution < -0.4 is 5.32 Å². The van der Waals surface area contributed by atoms with E-state index < -0.39 is 0 Å². The molecule has 5 nitrogen and oxygen atoms in total. The number of likely N-dealkylation sites (tertiary alicyclic amines) is 1. The van der Waals surface area contributed by atoms with Crippen LogP contribution in [0.5, 0.6) is 0 Å². The first-order valence-corrected chi connectivity index (χ1v) is 9.37. The number of nitrogens with zero attached hydrogens (tertiary/aromatic N) is 3. The molecule has 1 aliphatic rings. The topological polar surface area (TPSA) is 40.1 Å². The molecule has 1 heterocycles. The summed E-state index contributed by atoms with van der Waals surface area (Å²) >= 11 is 6.02. The van der Waals surface area contributed by atoms with Gasteiger partial charge in [0.2, 0.25) is 0 Å². The van der Waals surface area contributed by atoms with Crippen molar-refractivity contribution in [2.75, 3.05) is 54.0 Å². The normalized spacial score (nSPS) is 19.5. The maximum absolute atomic E-state index is 6.02. The van der Waals surface area contributed by atoms with Crippen molar-refractivity contribution >= 4 is 17.6 Å². The van der Waals surface area contributed by atoms with Gasteiger partial charge < -0.3 is 19.9 Å². The molecule has 1 aliphatic heterocycles. The monoisotopic (exact) mass is 366 g/mol. The lowest BCUT2D eigenvalue weighted by atomic mass is 10.1. The van der Waals surface area contributed by atoms with Crippen molar-refractivity contribution in [1.29, 1.82) is 0 Å². The molecule has 0 spiro atoms. The summed E-state index contributed by atoms with van der Waals surface area (Å²) in [4.78, 5) is 9.48. The predicted molar refractivity (Wildman–Crippen MR) is 105 cm³/mol. The van der Waals surface area contributed by atoms with Crippen molar-refractivity contribution in [3.05, 3.63) is 34.9 Å². The molecule has 0 aliphatic carbocycles. The molecule has 25 heavy (non-hydrogen) atoms. The number of hydrogen-bond acceptors (Lipinski definition) is 3. The number of nitrogens with one attached hydrogen (secondary N) is 1. The first kappa shape index (κ1) is 20.0. The van der Waals surface area contributed by atoms with E-state index in [1.807, 2.05) is 12.1 Å². The highest BCUT2D eigenvalue weighted by atomic mass is 35.5. The lowest BCUT2D eigenvalue weighted by molar-refractivity contribution is 0.157. The Hall–Kier alpha value is -1.30. The predicted octanol–water partition coefficient (Wildman–Crippen LogP) is 2.88. The fourth-order valence-corrected chi connectivity index (χ4v) is 3.37. The Labute approximate surface area is 157 Å². The zero-order valence-corrected chi connectivity index (χ0v) is 16.6. The Bertz CT molecular complexity index is 547. The van der Waals surface area contributed by atoms with Crippen LogP contribution in [0.4, 0.5) is 0 Å². The van der Waals surface area contributed by atoms with Gasteiger partial charge in [-0.1, -0.05) is 23.7 Å². The molecule has 0 radical (unpaired) electrons. The summed E-state index contributed by atoms with van der Waals surface area (Å²) in [5, 5.41) is 4.20. The highest BCUT2D eigenvalue weighted by Gasteiger charge is 2.25. The minimum Gasteiger partial charge on any atom is -0.384 e. The number of likely N-dealkylation sites (N-methyl/N-ethyl adjacent to an activating group) is 1. The van der Waals surface area contributed by atoms with Gasteiger partial charge in [0.15, 0.2) is 5.96 Å². The van der Waals surface area contributed by atoms with Crippen LogP contribution in [-0.4, -0.2) is 69.8 Å². The lowest BCUT2D eigenvalue weighted by Crippen LogP contribution is -2.41. The number of rotatable bonds is 7. The largest absolute Gasteiger partial charge is 0.384 e. The van der Waals surface area contributed by atoms with E-state index in [0.717, 1.165) is 43.6 Å². The molecule has 0 aromatic heterocycles. The second kappa shape index (κ2) is 10.00. The van der Waals surface area contributed by atoms with Crippen LogP contribution >= 0.6 is 11.6 Å². The Balaban J connectivity index is 2.08. The first-order valence-electron chi connectivity index (χ1n) is 8.99. The van der Waals surface area contributed by atoms with Gasteiger partial charge in [0, 0.05) is 37.7 Å². The summed E-state index contributed by atoms with van der Waals surface area (Å²) in [6.07, 6.45) is 1.16. The Morgan fingerprint density at radius 3 is 2.72 bits per heavy atom. The Kier molecular flexibility index (Phi) is 8.00. The number of halogens is 1. The first-order chi connectivity index (χ1) is 12.0. The molecular weight excluding hydrogens is 336 g/mol. The van der Waals surface area contributed by atoms with Crippen molar-refractivity contribution in [2.24, 2.45) is 10.9 Å². The summed E-state index contributed by atoms with van der Waals surface area (Å²) in [6.45, 7) is 6.56. The minimum absolute atomic E-state index is 0.225. The molecule has 0 amide bonds. The quantitative estimate of drug-likeness (QED) is 0.595. The standard InChI is InChI=1S/C19H31ClN4O/c1-5-21-19(24-11-10-15(13-24)14-25-4)22-12-18(23(2)3)16-6-8-17(20)9-7-16/h6-9,15,18H,5,10-14H2,1-4H3,(H,21,22). The number of benzene rings is 1. The van der Waals surface area contributed by atoms with E-state index >= 15 is 0 Å². The minimum atomic E-state index is 0.225. The molecule has 1 fully saturated rings. The average molecular weight is 367 g/mol. The van der Waals surface area contributed by atoms with Gasteiger partial charge in [0.05, 0.1) is 19.2 Å². The maximum atomic E-state index is 6.02. The zero-order chi connectivity index (χ0) is 18.2. The smallest absolute Gasteiger partial charge is 0.193 e. The van der Waals surface area contributed by atoms with Gasteiger partial charge in [-0.15, -0.1) is 0 Å². The molecule has 0 saturated carbocycles. The molecule has 140 valence electrons. The third-order valence-electron chi connectivity index (χ3n) is 4.61. The van der Waals surface area contributed by atoms with Crippen LogP contribution in [0.25, 0.3) is 0 Å². The fraction of sp³-hybridized carbons (Fsp3) is 0.632. The molecule has 1 aromatic rings. The Morgan fingerprint density at radius 1 is 1.40 bits per heavy atom. The van der Waals surface area contributed by atoms with E-state index in [4.69, 9.17) is 21.3 Å². The van der Waals surface area contributed by atoms with Gasteiger partial charge in [-0.2, -0.15) is 0 Å². The van der Waals surface area contributed by atoms with Crippen molar-refractivity contribution in [2.45, 2.75) is 19.4 Å². The van der Waals surface area contributed by atoms with Gasteiger partial charge in [-0.05, 0) is 45.1 Å². The van der Waals surface area contributed by atoms with Gasteiger partial charge >= 0.3 is 0 Å². The number of ether oxygens (including phenoxy) is 1. The number of guanidine groups is 1. The molecule has 2 atom stereocenters. The molecule has 6 heteroatoms. The maximum Gasteiger partial charge on any atom is 0.193 e. The second-order valence-corrected chi connectivity index (χ2v) is 7.22. The summed E-state index contributed by atoms with van der Waals surface area (Å²) in [5.41, 5.74) is 1.23. The van der Waals surface area contributed by atoms with Crippen LogP contribution in [-0.2, 0) is 4.74 Å². The Morgan fingerprint density at radius 2 is 2.12 bits per heavy atom. The van der Waals surface area contributed by atoms with Gasteiger partial charge in [-0.3, -0.25) is 4.99 Å². The summed E-state index contributed by atoms with van der Waals surface area (Å²) < 4.78 is 5.31. The van der Waals surface area contributed by atoms with E-state index in [1.165, 1.54) is 5.56 Å². The van der Waals surface area contributed by atoms with E-state index in [2.05, 4.69) is 48.3 Å². The second-order valence-electron chi connectivity index (χ2n) is 6.78. The number of methoxy groups -OCH3 is 1. The molecule has 1 saturated heterocycles. The van der Waals surface area contributed by atoms with Crippen molar-refractivity contribution in [1.82, 2.24) is 15.1 Å². The third-order valence-corrected chi connectivity index (χ3v) is 4.87. The summed E-state index contributed by atoms with van der Waals surface area (Å²) in [6, 6.07) is 8.28. The van der Waals surface area contributed by atoms with Gasteiger partial charge in [0.25, 0.3) is 0 Å².